The van der Waals surface area contributed by atoms with Gasteiger partial charge in [0, 0.05) is 13.1 Å². The molecule has 4 aromatic rings. The Morgan fingerprint density at radius 1 is 0.824 bits per heavy atom. The van der Waals surface area contributed by atoms with Gasteiger partial charge in [0.15, 0.2) is 11.2 Å². The van der Waals surface area contributed by atoms with Crippen molar-refractivity contribution < 1.29 is 5.11 Å². The van der Waals surface area contributed by atoms with Crippen molar-refractivity contribution in [3.05, 3.63) is 99.0 Å². The summed E-state index contributed by atoms with van der Waals surface area (Å²) in [7, 11) is 0. The third-order valence-electron chi connectivity index (χ3n) is 6.42. The minimum atomic E-state index is -0.809. The Balaban J connectivity index is 1.58. The molecule has 176 valence electrons. The smallest absolute Gasteiger partial charge is 0.333 e. The number of aliphatic hydroxyl groups excluding tert-OH is 1. The van der Waals surface area contributed by atoms with Gasteiger partial charge in [-0.15, -0.1) is 0 Å². The van der Waals surface area contributed by atoms with Gasteiger partial charge in [0.25, 0.3) is 5.56 Å². The molecule has 8 heteroatoms. The lowest BCUT2D eigenvalue weighted by molar-refractivity contribution is 0.106. The first-order valence-electron chi connectivity index (χ1n) is 11.8. The molecule has 0 unspecified atom stereocenters. The van der Waals surface area contributed by atoms with E-state index in [1.54, 1.807) is 10.9 Å². The molecule has 1 saturated heterocycles. The molecule has 1 N–H and O–H groups in total. The lowest BCUT2D eigenvalue weighted by Crippen LogP contribution is -2.45. The van der Waals surface area contributed by atoms with Crippen LogP contribution in [0.15, 0.2) is 76.6 Å². The molecule has 0 saturated carbocycles. The topological polar surface area (TPSA) is 85.3 Å². The standard InChI is InChI=1S/C26H29N5O3/c32-22(17-28-13-7-8-14-28)18-31-25(33)23-24(27-19-29(23)15-20-9-3-1-4-10-20)30(26(31)34)16-21-11-5-2-6-12-21/h1-6,9-12,19,22,32H,7-8,13-18H2/t22-/m0/s1. The molecule has 0 aliphatic carbocycles. The molecular weight excluding hydrogens is 430 g/mol. The summed E-state index contributed by atoms with van der Waals surface area (Å²) < 4.78 is 4.50. The highest BCUT2D eigenvalue weighted by Crippen LogP contribution is 2.13. The molecule has 2 aromatic carbocycles. The van der Waals surface area contributed by atoms with E-state index in [1.165, 1.54) is 9.13 Å². The summed E-state index contributed by atoms with van der Waals surface area (Å²) in [6.45, 7) is 3.04. The Bertz CT molecular complexity index is 1370. The van der Waals surface area contributed by atoms with Gasteiger partial charge in [-0.25, -0.2) is 9.78 Å². The Morgan fingerprint density at radius 2 is 1.44 bits per heavy atom. The molecule has 34 heavy (non-hydrogen) atoms. The van der Waals surface area contributed by atoms with E-state index in [4.69, 9.17) is 0 Å². The molecule has 0 radical (unpaired) electrons. The summed E-state index contributed by atoms with van der Waals surface area (Å²) in [6, 6.07) is 19.5. The van der Waals surface area contributed by atoms with Gasteiger partial charge in [0.05, 0.1) is 25.5 Å². The largest absolute Gasteiger partial charge is 0.390 e. The van der Waals surface area contributed by atoms with Gasteiger partial charge in [0.2, 0.25) is 0 Å². The van der Waals surface area contributed by atoms with Crippen LogP contribution in [0.5, 0.6) is 0 Å². The monoisotopic (exact) mass is 459 g/mol. The van der Waals surface area contributed by atoms with Crippen LogP contribution in [-0.2, 0) is 19.6 Å². The van der Waals surface area contributed by atoms with E-state index >= 15 is 0 Å². The lowest BCUT2D eigenvalue weighted by atomic mass is 10.2. The van der Waals surface area contributed by atoms with Crippen molar-refractivity contribution in [2.24, 2.45) is 0 Å². The maximum Gasteiger partial charge on any atom is 0.333 e. The second-order valence-electron chi connectivity index (χ2n) is 8.96. The number of β-amino-alcohol motifs (C(OH)–C–C–N with tert-alkyl or cyclic N) is 1. The van der Waals surface area contributed by atoms with Crippen LogP contribution in [0.25, 0.3) is 11.2 Å². The molecule has 1 atom stereocenters. The number of imidazole rings is 1. The number of likely N-dealkylation sites (tertiary alicyclic amines) is 1. The third-order valence-corrected chi connectivity index (χ3v) is 6.42. The Hall–Kier alpha value is -3.49. The minimum absolute atomic E-state index is 0.0462. The summed E-state index contributed by atoms with van der Waals surface area (Å²) in [5, 5.41) is 10.7. The van der Waals surface area contributed by atoms with E-state index in [9.17, 15) is 14.7 Å². The molecule has 1 aliphatic rings. The molecule has 8 nitrogen and oxygen atoms in total. The number of hydrogen-bond donors (Lipinski definition) is 1. The van der Waals surface area contributed by atoms with Gasteiger partial charge in [-0.3, -0.25) is 13.9 Å². The maximum atomic E-state index is 13.6. The van der Waals surface area contributed by atoms with Gasteiger partial charge < -0.3 is 14.6 Å². The van der Waals surface area contributed by atoms with Crippen LogP contribution < -0.4 is 11.2 Å². The van der Waals surface area contributed by atoms with Crippen LogP contribution in [0.4, 0.5) is 0 Å². The first-order valence-corrected chi connectivity index (χ1v) is 11.8. The Labute approximate surface area is 197 Å². The zero-order valence-electron chi connectivity index (χ0n) is 19.1. The number of benzene rings is 2. The first kappa shape index (κ1) is 22.3. The fourth-order valence-electron chi connectivity index (χ4n) is 4.74. The molecule has 0 bridgehead atoms. The van der Waals surface area contributed by atoms with Gasteiger partial charge >= 0.3 is 5.69 Å². The number of aromatic nitrogens is 4. The maximum absolute atomic E-state index is 13.6. The fourth-order valence-corrected chi connectivity index (χ4v) is 4.74. The van der Waals surface area contributed by atoms with E-state index in [-0.39, 0.29) is 6.54 Å². The van der Waals surface area contributed by atoms with Crippen molar-refractivity contribution in [3.8, 4) is 0 Å². The second-order valence-corrected chi connectivity index (χ2v) is 8.96. The number of aliphatic hydroxyl groups is 1. The summed E-state index contributed by atoms with van der Waals surface area (Å²) in [4.78, 5) is 33.7. The van der Waals surface area contributed by atoms with Crippen molar-refractivity contribution in [1.82, 2.24) is 23.6 Å². The predicted octanol–water partition coefficient (Wildman–Crippen LogP) is 1.91. The van der Waals surface area contributed by atoms with Crippen LogP contribution in [-0.4, -0.2) is 54.4 Å². The lowest BCUT2D eigenvalue weighted by Gasteiger charge is -2.20. The summed E-state index contributed by atoms with van der Waals surface area (Å²) in [5.74, 6) is 0. The van der Waals surface area contributed by atoms with Crippen molar-refractivity contribution in [3.63, 3.8) is 0 Å². The van der Waals surface area contributed by atoms with Gasteiger partial charge in [0.1, 0.15) is 0 Å². The number of hydrogen-bond acceptors (Lipinski definition) is 5. The summed E-state index contributed by atoms with van der Waals surface area (Å²) in [6.07, 6.45) is 3.03. The van der Waals surface area contributed by atoms with Crippen molar-refractivity contribution in [1.29, 1.82) is 0 Å². The molecule has 0 amide bonds. The minimum Gasteiger partial charge on any atom is -0.390 e. The highest BCUT2D eigenvalue weighted by Gasteiger charge is 2.22. The van der Waals surface area contributed by atoms with Crippen LogP contribution in [0.1, 0.15) is 24.0 Å². The van der Waals surface area contributed by atoms with Gasteiger partial charge in [-0.1, -0.05) is 60.7 Å². The number of nitrogens with zero attached hydrogens (tertiary/aromatic N) is 5. The second kappa shape index (κ2) is 9.79. The zero-order chi connectivity index (χ0) is 23.5. The molecule has 1 aliphatic heterocycles. The quantitative estimate of drug-likeness (QED) is 0.435. The van der Waals surface area contributed by atoms with Gasteiger partial charge in [-0.2, -0.15) is 0 Å². The predicted molar refractivity (Wildman–Crippen MR) is 131 cm³/mol. The normalized spacial score (nSPS) is 15.2. The van der Waals surface area contributed by atoms with Crippen molar-refractivity contribution in [2.75, 3.05) is 19.6 Å². The SMILES string of the molecule is O=c1c2c(ncn2Cc2ccccc2)n(Cc2ccccc2)c(=O)n1C[C@@H](O)CN1CCCC1. The van der Waals surface area contributed by atoms with E-state index in [0.717, 1.165) is 37.1 Å². The average molecular weight is 460 g/mol. The highest BCUT2D eigenvalue weighted by molar-refractivity contribution is 5.70. The molecule has 1 fully saturated rings. The third kappa shape index (κ3) is 4.60. The van der Waals surface area contributed by atoms with Crippen molar-refractivity contribution in [2.45, 2.75) is 38.6 Å². The van der Waals surface area contributed by atoms with Crippen LogP contribution in [0.3, 0.4) is 0 Å². The zero-order valence-corrected chi connectivity index (χ0v) is 19.1. The average Bonchev–Trinajstić information content (AvgIpc) is 3.51. The molecule has 5 rings (SSSR count). The van der Waals surface area contributed by atoms with E-state index < -0.39 is 17.4 Å². The summed E-state index contributed by atoms with van der Waals surface area (Å²) in [5.41, 5.74) is 1.83. The Morgan fingerprint density at radius 3 is 2.09 bits per heavy atom. The van der Waals surface area contributed by atoms with Crippen molar-refractivity contribution >= 4 is 11.2 Å². The number of rotatable bonds is 8. The molecular formula is C26H29N5O3. The van der Waals surface area contributed by atoms with E-state index in [0.29, 0.717) is 30.8 Å². The van der Waals surface area contributed by atoms with E-state index in [1.807, 2.05) is 60.7 Å². The molecule has 0 spiro atoms. The van der Waals surface area contributed by atoms with Crippen LogP contribution in [0.2, 0.25) is 0 Å². The first-order chi connectivity index (χ1) is 16.6. The molecule has 3 heterocycles. The number of fused-ring (bicyclic) bond motifs is 1. The van der Waals surface area contributed by atoms with Crippen LogP contribution in [0, 0.1) is 0 Å². The van der Waals surface area contributed by atoms with Gasteiger partial charge in [-0.05, 0) is 37.1 Å². The Kier molecular flexibility index (Phi) is 6.42. The van der Waals surface area contributed by atoms with E-state index in [2.05, 4.69) is 9.88 Å². The van der Waals surface area contributed by atoms with Crippen LogP contribution >= 0.6 is 0 Å². The summed E-state index contributed by atoms with van der Waals surface area (Å²) >= 11 is 0. The fraction of sp³-hybridized carbons (Fsp3) is 0.346. The molecule has 2 aromatic heterocycles. The highest BCUT2D eigenvalue weighted by atomic mass is 16.3.